The Labute approximate surface area is 148 Å². The Kier molecular flexibility index (Phi) is 6.99. The average molecular weight is 372 g/mol. The van der Waals surface area contributed by atoms with E-state index in [9.17, 15) is 17.6 Å². The van der Waals surface area contributed by atoms with Crippen molar-refractivity contribution in [1.82, 2.24) is 15.6 Å². The van der Waals surface area contributed by atoms with Gasteiger partial charge in [-0.2, -0.15) is 13.2 Å². The summed E-state index contributed by atoms with van der Waals surface area (Å²) >= 11 is 0. The Hall–Kier alpha value is -2.58. The quantitative estimate of drug-likeness (QED) is 0.443. The molecule has 26 heavy (non-hydrogen) atoms. The third-order valence-corrected chi connectivity index (χ3v) is 3.33. The Balaban J connectivity index is 1.85. The predicted octanol–water partition coefficient (Wildman–Crippen LogP) is 3.53. The number of aromatic nitrogens is 1. The van der Waals surface area contributed by atoms with E-state index in [4.69, 9.17) is 4.42 Å². The highest BCUT2D eigenvalue weighted by Crippen LogP contribution is 2.19. The van der Waals surface area contributed by atoms with Crippen LogP contribution in [0.2, 0.25) is 0 Å². The molecular weight excluding hydrogens is 352 g/mol. The van der Waals surface area contributed by atoms with Gasteiger partial charge in [-0.25, -0.2) is 9.37 Å². The minimum absolute atomic E-state index is 0.319. The second-order valence-electron chi connectivity index (χ2n) is 5.45. The first-order valence-electron chi connectivity index (χ1n) is 8.16. The number of hydrogen-bond acceptors (Lipinski definition) is 3. The zero-order valence-corrected chi connectivity index (χ0v) is 14.2. The van der Waals surface area contributed by atoms with E-state index in [1.54, 1.807) is 12.1 Å². The summed E-state index contributed by atoms with van der Waals surface area (Å²) in [5.41, 5.74) is 1.33. The van der Waals surface area contributed by atoms with Crippen LogP contribution in [0.3, 0.4) is 0 Å². The molecule has 0 saturated heterocycles. The molecule has 1 heterocycles. The van der Waals surface area contributed by atoms with E-state index in [0.717, 1.165) is 0 Å². The topological polar surface area (TPSA) is 62.5 Å². The molecule has 0 atom stereocenters. The predicted molar refractivity (Wildman–Crippen MR) is 90.3 cm³/mol. The van der Waals surface area contributed by atoms with Gasteiger partial charge >= 0.3 is 6.18 Å². The van der Waals surface area contributed by atoms with E-state index in [2.05, 4.69) is 20.6 Å². The SMILES string of the molecule is CCNC(=NCCC(F)(F)F)NCCc1coc(-c2ccc(F)cc2)n1. The lowest BCUT2D eigenvalue weighted by atomic mass is 10.2. The zero-order chi connectivity index (χ0) is 19.0. The summed E-state index contributed by atoms with van der Waals surface area (Å²) < 4.78 is 54.8. The van der Waals surface area contributed by atoms with Gasteiger partial charge < -0.3 is 15.1 Å². The first-order valence-corrected chi connectivity index (χ1v) is 8.16. The van der Waals surface area contributed by atoms with Crippen LogP contribution in [0.5, 0.6) is 0 Å². The van der Waals surface area contributed by atoms with Crippen LogP contribution in [0.25, 0.3) is 11.5 Å². The number of hydrogen-bond donors (Lipinski definition) is 2. The molecule has 0 amide bonds. The minimum atomic E-state index is -4.22. The van der Waals surface area contributed by atoms with Crippen LogP contribution in [-0.4, -0.2) is 36.8 Å². The van der Waals surface area contributed by atoms with Gasteiger partial charge in [-0.1, -0.05) is 0 Å². The molecule has 0 bridgehead atoms. The van der Waals surface area contributed by atoms with Crippen molar-refractivity contribution < 1.29 is 22.0 Å². The molecule has 1 aromatic heterocycles. The Bertz CT molecular complexity index is 710. The van der Waals surface area contributed by atoms with Crippen LogP contribution in [0.1, 0.15) is 19.0 Å². The molecule has 2 rings (SSSR count). The number of nitrogens with zero attached hydrogens (tertiary/aromatic N) is 2. The number of nitrogens with one attached hydrogen (secondary N) is 2. The van der Waals surface area contributed by atoms with Gasteiger partial charge in [-0.3, -0.25) is 4.99 Å². The molecule has 0 fully saturated rings. The van der Waals surface area contributed by atoms with Crippen molar-refractivity contribution >= 4 is 5.96 Å². The van der Waals surface area contributed by atoms with Crippen molar-refractivity contribution in [3.05, 3.63) is 42.0 Å². The van der Waals surface area contributed by atoms with Gasteiger partial charge in [0.15, 0.2) is 5.96 Å². The van der Waals surface area contributed by atoms with Crippen LogP contribution < -0.4 is 10.6 Å². The largest absolute Gasteiger partial charge is 0.444 e. The van der Waals surface area contributed by atoms with Gasteiger partial charge in [0.25, 0.3) is 0 Å². The van der Waals surface area contributed by atoms with E-state index in [-0.39, 0.29) is 12.4 Å². The molecule has 142 valence electrons. The fourth-order valence-corrected chi connectivity index (χ4v) is 2.09. The highest BCUT2D eigenvalue weighted by molar-refractivity contribution is 5.79. The Morgan fingerprint density at radius 3 is 2.58 bits per heavy atom. The van der Waals surface area contributed by atoms with Gasteiger partial charge in [-0.15, -0.1) is 0 Å². The maximum absolute atomic E-state index is 12.9. The van der Waals surface area contributed by atoms with Crippen LogP contribution in [0.4, 0.5) is 17.6 Å². The van der Waals surface area contributed by atoms with Crippen molar-refractivity contribution in [3.63, 3.8) is 0 Å². The Morgan fingerprint density at radius 1 is 1.19 bits per heavy atom. The average Bonchev–Trinajstić information content (AvgIpc) is 3.03. The molecule has 0 radical (unpaired) electrons. The van der Waals surface area contributed by atoms with Gasteiger partial charge in [0.05, 0.1) is 18.7 Å². The van der Waals surface area contributed by atoms with E-state index >= 15 is 0 Å². The molecule has 0 aliphatic rings. The standard InChI is InChI=1S/C17H20F4N4O/c1-2-22-16(24-10-8-17(19,20)21)23-9-7-14-11-26-15(25-14)12-3-5-13(18)6-4-12/h3-6,11H,2,7-10H2,1H3,(H2,22,23,24). The second-order valence-corrected chi connectivity index (χ2v) is 5.45. The number of guanidine groups is 1. The van der Waals surface area contributed by atoms with Crippen LogP contribution in [-0.2, 0) is 6.42 Å². The van der Waals surface area contributed by atoms with E-state index < -0.39 is 12.6 Å². The molecule has 2 aromatic rings. The molecule has 0 saturated carbocycles. The molecule has 0 aliphatic heterocycles. The van der Waals surface area contributed by atoms with Gasteiger partial charge in [0.1, 0.15) is 12.1 Å². The lowest BCUT2D eigenvalue weighted by molar-refractivity contribution is -0.132. The number of aliphatic imine (C=N–C) groups is 1. The summed E-state index contributed by atoms with van der Waals surface area (Å²) in [7, 11) is 0. The smallest absolute Gasteiger partial charge is 0.390 e. The molecule has 0 aliphatic carbocycles. The van der Waals surface area contributed by atoms with Gasteiger partial charge in [0.2, 0.25) is 5.89 Å². The van der Waals surface area contributed by atoms with Crippen molar-refractivity contribution in [1.29, 1.82) is 0 Å². The summed E-state index contributed by atoms with van der Waals surface area (Å²) in [5.74, 6) is 0.357. The van der Waals surface area contributed by atoms with Crippen LogP contribution in [0.15, 0.2) is 39.9 Å². The van der Waals surface area contributed by atoms with Crippen molar-refractivity contribution in [2.75, 3.05) is 19.6 Å². The summed E-state index contributed by atoms with van der Waals surface area (Å²) in [4.78, 5) is 8.20. The molecule has 0 unspecified atom stereocenters. The lowest BCUT2D eigenvalue weighted by Crippen LogP contribution is -2.38. The number of benzene rings is 1. The second kappa shape index (κ2) is 9.21. The van der Waals surface area contributed by atoms with Crippen LogP contribution >= 0.6 is 0 Å². The van der Waals surface area contributed by atoms with E-state index in [0.29, 0.717) is 42.6 Å². The third kappa shape index (κ3) is 6.73. The summed E-state index contributed by atoms with van der Waals surface area (Å²) in [6.07, 6.45) is -3.20. The number of oxazole rings is 1. The molecule has 9 heteroatoms. The maximum Gasteiger partial charge on any atom is 0.390 e. The molecule has 5 nitrogen and oxygen atoms in total. The molecular formula is C17H20F4N4O. The van der Waals surface area contributed by atoms with Crippen molar-refractivity contribution in [2.24, 2.45) is 4.99 Å². The fourth-order valence-electron chi connectivity index (χ4n) is 2.09. The van der Waals surface area contributed by atoms with Gasteiger partial charge in [-0.05, 0) is 31.2 Å². The summed E-state index contributed by atoms with van der Waals surface area (Å²) in [6.45, 7) is 2.45. The minimum Gasteiger partial charge on any atom is -0.444 e. The van der Waals surface area contributed by atoms with Crippen LogP contribution in [0, 0.1) is 5.82 Å². The normalized spacial score (nSPS) is 12.3. The van der Waals surface area contributed by atoms with E-state index in [1.165, 1.54) is 18.4 Å². The first-order chi connectivity index (χ1) is 12.4. The highest BCUT2D eigenvalue weighted by Gasteiger charge is 2.26. The number of rotatable bonds is 7. The summed E-state index contributed by atoms with van der Waals surface area (Å²) in [6, 6.07) is 5.78. The lowest BCUT2D eigenvalue weighted by Gasteiger charge is -2.11. The number of alkyl halides is 3. The van der Waals surface area contributed by atoms with Crippen molar-refractivity contribution in [2.45, 2.75) is 25.9 Å². The highest BCUT2D eigenvalue weighted by atomic mass is 19.4. The molecule has 0 spiro atoms. The third-order valence-electron chi connectivity index (χ3n) is 3.33. The monoisotopic (exact) mass is 372 g/mol. The molecule has 2 N–H and O–H groups in total. The zero-order valence-electron chi connectivity index (χ0n) is 14.2. The van der Waals surface area contributed by atoms with Crippen molar-refractivity contribution in [3.8, 4) is 11.5 Å². The molecule has 1 aromatic carbocycles. The van der Waals surface area contributed by atoms with Gasteiger partial charge in [0, 0.05) is 25.1 Å². The number of halogens is 4. The Morgan fingerprint density at radius 2 is 1.92 bits per heavy atom. The first kappa shape index (κ1) is 19.7. The maximum atomic E-state index is 12.9. The summed E-state index contributed by atoms with van der Waals surface area (Å²) in [5, 5.41) is 5.84. The fraction of sp³-hybridized carbons (Fsp3) is 0.412. The van der Waals surface area contributed by atoms with E-state index in [1.807, 2.05) is 6.92 Å².